The molecule has 0 aliphatic carbocycles. The number of aromatic nitrogens is 2. The summed E-state index contributed by atoms with van der Waals surface area (Å²) in [5.41, 5.74) is 2.09. The molecule has 1 fully saturated rings. The number of rotatable bonds is 4. The lowest BCUT2D eigenvalue weighted by atomic mass is 9.83. The fourth-order valence-corrected chi connectivity index (χ4v) is 3.47. The molecule has 2 atom stereocenters. The number of hydrogen-bond acceptors (Lipinski definition) is 3. The molecule has 3 rings (SSSR count). The maximum absolute atomic E-state index is 12.9. The third-order valence-corrected chi connectivity index (χ3v) is 4.86. The maximum atomic E-state index is 12.9. The molecule has 28 heavy (non-hydrogen) atoms. The van der Waals surface area contributed by atoms with Crippen LogP contribution in [0.2, 0.25) is 0 Å². The van der Waals surface area contributed by atoms with Crippen LogP contribution in [0.4, 0.5) is 18.9 Å². The number of carbonyl (C=O) groups excluding carboxylic acids is 2. The topological polar surface area (TPSA) is 67.2 Å². The monoisotopic (exact) mass is 394 g/mol. The van der Waals surface area contributed by atoms with E-state index < -0.39 is 24.7 Å². The fourth-order valence-electron chi connectivity index (χ4n) is 3.47. The minimum Gasteiger partial charge on any atom is -0.338 e. The van der Waals surface area contributed by atoms with Gasteiger partial charge in [-0.2, -0.15) is 18.3 Å². The van der Waals surface area contributed by atoms with E-state index >= 15 is 0 Å². The Morgan fingerprint density at radius 3 is 2.61 bits per heavy atom. The van der Waals surface area contributed by atoms with Gasteiger partial charge in [0.2, 0.25) is 11.8 Å². The van der Waals surface area contributed by atoms with E-state index in [9.17, 15) is 22.8 Å². The number of alkyl halides is 3. The summed E-state index contributed by atoms with van der Waals surface area (Å²) in [6, 6.07) is 7.16. The molecular weight excluding hydrogens is 373 g/mol. The highest BCUT2D eigenvalue weighted by atomic mass is 19.4. The second-order valence-corrected chi connectivity index (χ2v) is 7.04. The number of benzene rings is 1. The average molecular weight is 394 g/mol. The van der Waals surface area contributed by atoms with Crippen molar-refractivity contribution >= 4 is 17.5 Å². The third-order valence-electron chi connectivity index (χ3n) is 4.86. The number of aryl methyl sites for hydroxylation is 1. The van der Waals surface area contributed by atoms with E-state index in [1.54, 1.807) is 11.9 Å². The van der Waals surface area contributed by atoms with E-state index in [-0.39, 0.29) is 23.9 Å². The number of nitrogens with one attached hydrogen (secondary N) is 1. The highest BCUT2D eigenvalue weighted by Gasteiger charge is 2.39. The third kappa shape index (κ3) is 4.52. The van der Waals surface area contributed by atoms with Crippen molar-refractivity contribution in [3.05, 3.63) is 47.8 Å². The van der Waals surface area contributed by atoms with Crippen molar-refractivity contribution in [1.29, 1.82) is 0 Å². The van der Waals surface area contributed by atoms with Crippen LogP contribution < -0.4 is 5.32 Å². The van der Waals surface area contributed by atoms with E-state index in [0.29, 0.717) is 6.42 Å². The van der Waals surface area contributed by atoms with Gasteiger partial charge in [-0.25, -0.2) is 0 Å². The van der Waals surface area contributed by atoms with Crippen molar-refractivity contribution in [1.82, 2.24) is 14.7 Å². The molecule has 9 heteroatoms. The minimum atomic E-state index is -4.39. The van der Waals surface area contributed by atoms with Gasteiger partial charge in [-0.3, -0.25) is 14.3 Å². The number of hydrogen-bond donors (Lipinski definition) is 1. The number of carbonyl (C=O) groups is 2. The summed E-state index contributed by atoms with van der Waals surface area (Å²) >= 11 is 0. The zero-order valence-corrected chi connectivity index (χ0v) is 15.5. The molecule has 0 spiro atoms. The molecule has 2 unspecified atom stereocenters. The second-order valence-electron chi connectivity index (χ2n) is 7.04. The largest absolute Gasteiger partial charge is 0.408 e. The number of halogens is 3. The van der Waals surface area contributed by atoms with Crippen LogP contribution in [-0.4, -0.2) is 39.7 Å². The van der Waals surface area contributed by atoms with Crippen LogP contribution >= 0.6 is 0 Å². The molecule has 1 aliphatic rings. The van der Waals surface area contributed by atoms with Gasteiger partial charge in [-0.1, -0.05) is 29.8 Å². The minimum absolute atomic E-state index is 0.0485. The molecule has 0 radical (unpaired) electrons. The highest BCUT2D eigenvalue weighted by Crippen LogP contribution is 2.36. The van der Waals surface area contributed by atoms with Crippen molar-refractivity contribution in [3.8, 4) is 0 Å². The molecule has 1 aromatic carbocycles. The van der Waals surface area contributed by atoms with Crippen molar-refractivity contribution < 1.29 is 22.8 Å². The zero-order valence-electron chi connectivity index (χ0n) is 15.5. The Kier molecular flexibility index (Phi) is 5.44. The van der Waals surface area contributed by atoms with E-state index in [4.69, 9.17) is 0 Å². The SMILES string of the molecule is Cc1ccc(C2C(C(=O)Nc3cnn(CC(F)(F)F)c3)CCC(=O)N2C)cc1. The number of likely N-dealkylation sites (tertiary alicyclic amines) is 1. The normalized spacial score (nSPS) is 20.3. The maximum Gasteiger partial charge on any atom is 0.408 e. The zero-order chi connectivity index (χ0) is 20.5. The summed E-state index contributed by atoms with van der Waals surface area (Å²) in [5.74, 6) is -0.916. The molecule has 0 bridgehead atoms. The first-order valence-corrected chi connectivity index (χ1v) is 8.86. The first-order chi connectivity index (χ1) is 13.1. The highest BCUT2D eigenvalue weighted by molar-refractivity contribution is 5.94. The quantitative estimate of drug-likeness (QED) is 0.865. The van der Waals surface area contributed by atoms with Gasteiger partial charge in [0.15, 0.2) is 0 Å². The molecule has 1 aromatic heterocycles. The van der Waals surface area contributed by atoms with Gasteiger partial charge < -0.3 is 10.2 Å². The molecule has 150 valence electrons. The Labute approximate surface area is 160 Å². The molecule has 6 nitrogen and oxygen atoms in total. The lowest BCUT2D eigenvalue weighted by Crippen LogP contribution is -2.44. The summed E-state index contributed by atoms with van der Waals surface area (Å²) < 4.78 is 38.1. The molecular formula is C19H21F3N4O2. The van der Waals surface area contributed by atoms with Gasteiger partial charge in [-0.15, -0.1) is 0 Å². The fraction of sp³-hybridized carbons (Fsp3) is 0.421. The summed E-state index contributed by atoms with van der Waals surface area (Å²) in [6.07, 6.45) is -1.46. The van der Waals surface area contributed by atoms with Crippen LogP contribution in [0.3, 0.4) is 0 Å². The Bertz CT molecular complexity index is 861. The van der Waals surface area contributed by atoms with Gasteiger partial charge in [0.1, 0.15) is 6.54 Å². The van der Waals surface area contributed by atoms with Crippen LogP contribution in [0, 0.1) is 12.8 Å². The molecule has 1 aliphatic heterocycles. The van der Waals surface area contributed by atoms with Crippen molar-refractivity contribution in [2.24, 2.45) is 5.92 Å². The van der Waals surface area contributed by atoms with Crippen molar-refractivity contribution in [3.63, 3.8) is 0 Å². The predicted molar refractivity (Wildman–Crippen MR) is 96.3 cm³/mol. The van der Waals surface area contributed by atoms with Gasteiger partial charge in [0, 0.05) is 19.7 Å². The van der Waals surface area contributed by atoms with E-state index in [1.807, 2.05) is 31.2 Å². The van der Waals surface area contributed by atoms with Gasteiger partial charge in [0.05, 0.1) is 23.8 Å². The van der Waals surface area contributed by atoms with Crippen LogP contribution in [-0.2, 0) is 16.1 Å². The first kappa shape index (κ1) is 19.9. The molecule has 0 saturated carbocycles. The Hall–Kier alpha value is -2.84. The molecule has 1 saturated heterocycles. The van der Waals surface area contributed by atoms with Crippen LogP contribution in [0.1, 0.15) is 30.0 Å². The van der Waals surface area contributed by atoms with Gasteiger partial charge >= 0.3 is 6.18 Å². The summed E-state index contributed by atoms with van der Waals surface area (Å²) in [4.78, 5) is 26.6. The first-order valence-electron chi connectivity index (χ1n) is 8.86. The van der Waals surface area contributed by atoms with Crippen molar-refractivity contribution in [2.75, 3.05) is 12.4 Å². The Balaban J connectivity index is 1.78. The lowest BCUT2D eigenvalue weighted by Gasteiger charge is -2.38. The second kappa shape index (κ2) is 7.65. The van der Waals surface area contributed by atoms with Gasteiger partial charge in [0.25, 0.3) is 0 Å². The molecule has 2 heterocycles. The van der Waals surface area contributed by atoms with Crippen LogP contribution in [0.15, 0.2) is 36.7 Å². The van der Waals surface area contributed by atoms with Crippen LogP contribution in [0.25, 0.3) is 0 Å². The van der Waals surface area contributed by atoms with Crippen LogP contribution in [0.5, 0.6) is 0 Å². The van der Waals surface area contributed by atoms with Crippen molar-refractivity contribution in [2.45, 2.75) is 38.5 Å². The number of piperidine rings is 1. The number of anilines is 1. The predicted octanol–water partition coefficient (Wildman–Crippen LogP) is 3.30. The molecule has 2 aromatic rings. The molecule has 2 amide bonds. The summed E-state index contributed by atoms with van der Waals surface area (Å²) in [5, 5.41) is 6.27. The van der Waals surface area contributed by atoms with E-state index in [1.165, 1.54) is 6.20 Å². The van der Waals surface area contributed by atoms with E-state index in [0.717, 1.165) is 22.0 Å². The van der Waals surface area contributed by atoms with E-state index in [2.05, 4.69) is 10.4 Å². The number of nitrogens with zero attached hydrogens (tertiary/aromatic N) is 3. The van der Waals surface area contributed by atoms with Gasteiger partial charge in [-0.05, 0) is 18.9 Å². The lowest BCUT2D eigenvalue weighted by molar-refractivity contribution is -0.142. The summed E-state index contributed by atoms with van der Waals surface area (Å²) in [7, 11) is 1.66. The summed E-state index contributed by atoms with van der Waals surface area (Å²) in [6.45, 7) is 0.720. The standard InChI is InChI=1S/C19H21F3N4O2/c1-12-3-5-13(6-4-12)17-15(7-8-16(27)25(17)2)18(28)24-14-9-23-26(10-14)11-19(20,21)22/h3-6,9-10,15,17H,7-8,11H2,1-2H3,(H,24,28). The number of amides is 2. The average Bonchev–Trinajstić information content (AvgIpc) is 3.03. The Morgan fingerprint density at radius 1 is 1.29 bits per heavy atom. The Morgan fingerprint density at radius 2 is 1.96 bits per heavy atom. The smallest absolute Gasteiger partial charge is 0.338 e. The molecule has 1 N–H and O–H groups in total.